The van der Waals surface area contributed by atoms with Gasteiger partial charge in [-0.05, 0) is 25.0 Å². The Labute approximate surface area is 153 Å². The molecule has 0 spiro atoms. The molecule has 1 amide bonds. The van der Waals surface area contributed by atoms with Crippen LogP contribution in [0.5, 0.6) is 0 Å². The molecule has 2 aromatic carbocycles. The summed E-state index contributed by atoms with van der Waals surface area (Å²) in [6.07, 6.45) is 5.69. The van der Waals surface area contributed by atoms with Crippen molar-refractivity contribution in [3.8, 4) is 16.9 Å². The van der Waals surface area contributed by atoms with Crippen LogP contribution in [0.15, 0.2) is 60.7 Å². The van der Waals surface area contributed by atoms with Crippen LogP contribution >= 0.6 is 0 Å². The highest BCUT2D eigenvalue weighted by atomic mass is 16.2. The van der Waals surface area contributed by atoms with Gasteiger partial charge in [0.05, 0.1) is 5.69 Å². The van der Waals surface area contributed by atoms with Crippen LogP contribution in [-0.2, 0) is 0 Å². The number of nitrogens with zero attached hydrogens (tertiary/aromatic N) is 3. The zero-order valence-corrected chi connectivity index (χ0v) is 14.6. The smallest absolute Gasteiger partial charge is 0.274 e. The molecule has 1 aliphatic rings. The highest BCUT2D eigenvalue weighted by Gasteiger charge is 2.24. The molecule has 0 aliphatic heterocycles. The van der Waals surface area contributed by atoms with E-state index in [-0.39, 0.29) is 11.9 Å². The molecule has 1 saturated carbocycles. The van der Waals surface area contributed by atoms with Crippen molar-refractivity contribution >= 4 is 5.91 Å². The van der Waals surface area contributed by atoms with E-state index < -0.39 is 0 Å². The second-order valence-electron chi connectivity index (χ2n) is 6.71. The molecule has 1 fully saturated rings. The number of hydrogen-bond acceptors (Lipinski definition) is 3. The van der Waals surface area contributed by atoms with Crippen molar-refractivity contribution in [2.24, 2.45) is 0 Å². The van der Waals surface area contributed by atoms with Gasteiger partial charge < -0.3 is 5.32 Å². The molecule has 1 N–H and O–H groups in total. The van der Waals surface area contributed by atoms with Crippen molar-refractivity contribution in [3.05, 3.63) is 66.4 Å². The first-order valence-electron chi connectivity index (χ1n) is 9.20. The minimum atomic E-state index is -0.141. The highest BCUT2D eigenvalue weighted by Crippen LogP contribution is 2.26. The van der Waals surface area contributed by atoms with E-state index in [0.717, 1.165) is 29.8 Å². The quantitative estimate of drug-likeness (QED) is 0.777. The number of rotatable bonds is 4. The maximum Gasteiger partial charge on any atom is 0.274 e. The average molecular weight is 346 g/mol. The number of para-hydroxylation sites is 1. The zero-order chi connectivity index (χ0) is 17.8. The fourth-order valence-electron chi connectivity index (χ4n) is 3.54. The predicted molar refractivity (Wildman–Crippen MR) is 101 cm³/mol. The first kappa shape index (κ1) is 16.5. The van der Waals surface area contributed by atoms with Gasteiger partial charge >= 0.3 is 0 Å². The van der Waals surface area contributed by atoms with Crippen LogP contribution in [0.3, 0.4) is 0 Å². The standard InChI is InChI=1S/C21H22N4O/c26-21(22-17-12-6-2-7-13-17)19-20(16-10-4-1-5-11-16)25(24-23-19)18-14-8-3-9-15-18/h1,3-5,8-11,14-15,17H,2,6-7,12-13H2,(H,22,26). The van der Waals surface area contributed by atoms with Gasteiger partial charge in [-0.1, -0.05) is 73.0 Å². The van der Waals surface area contributed by atoms with E-state index in [4.69, 9.17) is 0 Å². The second-order valence-corrected chi connectivity index (χ2v) is 6.71. The molecule has 3 aromatic rings. The van der Waals surface area contributed by atoms with E-state index in [1.807, 2.05) is 60.7 Å². The van der Waals surface area contributed by atoms with Gasteiger partial charge in [0, 0.05) is 11.6 Å². The van der Waals surface area contributed by atoms with Crippen LogP contribution < -0.4 is 5.32 Å². The first-order valence-corrected chi connectivity index (χ1v) is 9.20. The highest BCUT2D eigenvalue weighted by molar-refractivity contribution is 5.98. The number of carbonyl (C=O) groups excluding carboxylic acids is 1. The Bertz CT molecular complexity index is 868. The van der Waals surface area contributed by atoms with Gasteiger partial charge in [0.2, 0.25) is 0 Å². The summed E-state index contributed by atoms with van der Waals surface area (Å²) in [4.78, 5) is 12.9. The zero-order valence-electron chi connectivity index (χ0n) is 14.6. The number of nitrogens with one attached hydrogen (secondary N) is 1. The Balaban J connectivity index is 1.72. The minimum absolute atomic E-state index is 0.141. The molecule has 5 nitrogen and oxygen atoms in total. The molecule has 1 aliphatic carbocycles. The van der Waals surface area contributed by atoms with Gasteiger partial charge in [0.15, 0.2) is 5.69 Å². The fraction of sp³-hybridized carbons (Fsp3) is 0.286. The average Bonchev–Trinajstić information content (AvgIpc) is 3.15. The molecule has 1 aromatic heterocycles. The molecule has 1 heterocycles. The third kappa shape index (κ3) is 3.38. The van der Waals surface area contributed by atoms with Crippen molar-refractivity contribution in [1.82, 2.24) is 20.3 Å². The van der Waals surface area contributed by atoms with Gasteiger partial charge in [0.1, 0.15) is 5.69 Å². The lowest BCUT2D eigenvalue weighted by molar-refractivity contribution is 0.0923. The van der Waals surface area contributed by atoms with E-state index >= 15 is 0 Å². The fourth-order valence-corrected chi connectivity index (χ4v) is 3.54. The van der Waals surface area contributed by atoms with Gasteiger partial charge in [0.25, 0.3) is 5.91 Å². The number of amides is 1. The molecule has 4 rings (SSSR count). The number of aromatic nitrogens is 3. The number of benzene rings is 2. The van der Waals surface area contributed by atoms with Crippen molar-refractivity contribution in [2.45, 2.75) is 38.1 Å². The molecule has 0 unspecified atom stereocenters. The Morgan fingerprint density at radius 2 is 1.58 bits per heavy atom. The number of carbonyl (C=O) groups is 1. The van der Waals surface area contributed by atoms with Crippen LogP contribution in [0.1, 0.15) is 42.6 Å². The van der Waals surface area contributed by atoms with Crippen LogP contribution in [0.2, 0.25) is 0 Å². The summed E-state index contributed by atoms with van der Waals surface area (Å²) in [5.41, 5.74) is 2.92. The minimum Gasteiger partial charge on any atom is -0.348 e. The summed E-state index contributed by atoms with van der Waals surface area (Å²) in [5.74, 6) is -0.141. The summed E-state index contributed by atoms with van der Waals surface area (Å²) >= 11 is 0. The van der Waals surface area contributed by atoms with E-state index in [0.29, 0.717) is 5.69 Å². The van der Waals surface area contributed by atoms with Crippen LogP contribution in [-0.4, -0.2) is 26.9 Å². The Hall–Kier alpha value is -2.95. The molecule has 0 bridgehead atoms. The van der Waals surface area contributed by atoms with Crippen molar-refractivity contribution < 1.29 is 4.79 Å². The SMILES string of the molecule is O=C(NC1CCCCC1)c1nnn(-c2ccccc2)c1-c1ccccc1. The van der Waals surface area contributed by atoms with E-state index in [9.17, 15) is 4.79 Å². The van der Waals surface area contributed by atoms with Crippen LogP contribution in [0.25, 0.3) is 16.9 Å². The lowest BCUT2D eigenvalue weighted by atomic mass is 9.95. The van der Waals surface area contributed by atoms with Gasteiger partial charge in [-0.25, -0.2) is 4.68 Å². The second kappa shape index (κ2) is 7.52. The van der Waals surface area contributed by atoms with Crippen LogP contribution in [0.4, 0.5) is 0 Å². The van der Waals surface area contributed by atoms with Crippen molar-refractivity contribution in [2.75, 3.05) is 0 Å². The molecule has 26 heavy (non-hydrogen) atoms. The Morgan fingerprint density at radius 3 is 2.27 bits per heavy atom. The third-order valence-corrected chi connectivity index (χ3v) is 4.87. The molecule has 0 saturated heterocycles. The number of hydrogen-bond donors (Lipinski definition) is 1. The van der Waals surface area contributed by atoms with E-state index in [2.05, 4.69) is 15.6 Å². The summed E-state index contributed by atoms with van der Waals surface area (Å²) in [6, 6.07) is 19.9. The van der Waals surface area contributed by atoms with E-state index in [1.54, 1.807) is 4.68 Å². The summed E-state index contributed by atoms with van der Waals surface area (Å²) in [7, 11) is 0. The molecule has 132 valence electrons. The normalized spacial score (nSPS) is 14.9. The summed E-state index contributed by atoms with van der Waals surface area (Å²) < 4.78 is 1.74. The van der Waals surface area contributed by atoms with E-state index in [1.165, 1.54) is 19.3 Å². The first-order chi connectivity index (χ1) is 12.8. The van der Waals surface area contributed by atoms with Gasteiger partial charge in [-0.15, -0.1) is 5.10 Å². The maximum atomic E-state index is 12.9. The maximum absolute atomic E-state index is 12.9. The predicted octanol–water partition coefficient (Wildman–Crippen LogP) is 4.00. The molecule has 0 atom stereocenters. The third-order valence-electron chi connectivity index (χ3n) is 4.87. The molecular weight excluding hydrogens is 324 g/mol. The lowest BCUT2D eigenvalue weighted by Gasteiger charge is -2.22. The summed E-state index contributed by atoms with van der Waals surface area (Å²) in [5, 5.41) is 11.7. The lowest BCUT2D eigenvalue weighted by Crippen LogP contribution is -2.36. The monoisotopic (exact) mass is 346 g/mol. The Morgan fingerprint density at radius 1 is 0.923 bits per heavy atom. The molecule has 5 heteroatoms. The van der Waals surface area contributed by atoms with Crippen molar-refractivity contribution in [3.63, 3.8) is 0 Å². The largest absolute Gasteiger partial charge is 0.348 e. The summed E-state index contributed by atoms with van der Waals surface area (Å²) in [6.45, 7) is 0. The van der Waals surface area contributed by atoms with Gasteiger partial charge in [-0.2, -0.15) is 0 Å². The van der Waals surface area contributed by atoms with Crippen molar-refractivity contribution in [1.29, 1.82) is 0 Å². The van der Waals surface area contributed by atoms with Gasteiger partial charge in [-0.3, -0.25) is 4.79 Å². The molecular formula is C21H22N4O. The van der Waals surface area contributed by atoms with Crippen LogP contribution in [0, 0.1) is 0 Å². The Kier molecular flexibility index (Phi) is 4.78. The topological polar surface area (TPSA) is 59.8 Å². The molecule has 0 radical (unpaired) electrons.